The molecule has 0 unspecified atom stereocenters. The van der Waals surface area contributed by atoms with Crippen LogP contribution >= 0.6 is 0 Å². The van der Waals surface area contributed by atoms with E-state index >= 15 is 0 Å². The number of hydrogen-bond acceptors (Lipinski definition) is 6. The lowest BCUT2D eigenvalue weighted by atomic mass is 9.52. The molecule has 3 heterocycles. The molecule has 0 fully saturated rings. The normalized spacial score (nSPS) is 13.7. The third-order valence-electron chi connectivity index (χ3n) is 6.01. The summed E-state index contributed by atoms with van der Waals surface area (Å²) in [7, 11) is 18.2. The van der Waals surface area contributed by atoms with Crippen LogP contribution in [-0.4, -0.2) is 76.4 Å². The molecule has 0 atom stereocenters. The van der Waals surface area contributed by atoms with Gasteiger partial charge in [0.15, 0.2) is 6.61 Å². The lowest BCUT2D eigenvalue weighted by Crippen LogP contribution is -2.45. The van der Waals surface area contributed by atoms with Crippen LogP contribution in [0.1, 0.15) is 5.56 Å². The Balaban J connectivity index is 1.52. The van der Waals surface area contributed by atoms with Gasteiger partial charge < -0.3 is 14.2 Å². The summed E-state index contributed by atoms with van der Waals surface area (Å²) in [5, 5.41) is 3.50. The van der Waals surface area contributed by atoms with Gasteiger partial charge in [0.25, 0.3) is 6.43 Å². The number of carbonyl (C=O) groups excluding carboxylic acids is 1. The van der Waals surface area contributed by atoms with Crippen molar-refractivity contribution in [1.82, 2.24) is 14.8 Å². The number of nitrogens with zero attached hydrogens (tertiary/aromatic N) is 5. The maximum absolute atomic E-state index is 14.0. The monoisotopic (exact) mass is 539 g/mol. The van der Waals surface area contributed by atoms with Crippen LogP contribution in [0.25, 0.3) is 10.9 Å². The molecule has 198 valence electrons. The zero-order valence-corrected chi connectivity index (χ0v) is 21.5. The SMILES string of the molecule is [B]C([B])([B])Oc1ccc(N2C(=O)N(c3ccc4nn(CCOC)cc4c3)Cc3ccc(OCC(F)F)nc32)cc1. The molecule has 14 heteroatoms. The molecule has 0 saturated heterocycles. The fourth-order valence-corrected chi connectivity index (χ4v) is 4.29. The predicted octanol–water partition coefficient (Wildman–Crippen LogP) is 3.50. The van der Waals surface area contributed by atoms with Crippen molar-refractivity contribution >= 4 is 57.7 Å². The van der Waals surface area contributed by atoms with Crippen molar-refractivity contribution in [1.29, 1.82) is 0 Å². The number of methoxy groups -OCH3 is 1. The standard InChI is InChI=1S/C26H22B3F2N5O4/c1-38-11-10-34-13-17-12-19(5-8-21(17)33-34)35-14-16-2-9-23(39-15-22(30)31)32-24(16)36(25(35)37)18-3-6-20(7-4-18)40-26(27,28)29/h2-9,12-13,22H,10-11,14-15H2,1H3. The first-order chi connectivity index (χ1) is 19.1. The Labute approximate surface area is 233 Å². The van der Waals surface area contributed by atoms with Crippen LogP contribution in [0, 0.1) is 0 Å². The van der Waals surface area contributed by atoms with E-state index in [1.807, 2.05) is 24.4 Å². The maximum atomic E-state index is 14.0. The van der Waals surface area contributed by atoms with Gasteiger partial charge in [0.1, 0.15) is 35.1 Å². The third-order valence-corrected chi connectivity index (χ3v) is 6.01. The van der Waals surface area contributed by atoms with Crippen molar-refractivity contribution < 1.29 is 27.8 Å². The number of carbonyl (C=O) groups is 1. The van der Waals surface area contributed by atoms with E-state index in [9.17, 15) is 13.6 Å². The van der Waals surface area contributed by atoms with Crippen LogP contribution in [0.2, 0.25) is 0 Å². The second-order valence-corrected chi connectivity index (χ2v) is 9.12. The summed E-state index contributed by atoms with van der Waals surface area (Å²) in [5.41, 5.74) is 2.50. The molecule has 1 aliphatic rings. The number of alkyl halides is 2. The number of urea groups is 1. The zero-order valence-electron chi connectivity index (χ0n) is 21.5. The minimum absolute atomic E-state index is 0.0330. The molecular formula is C26H22B3F2N5O4. The first-order valence-electron chi connectivity index (χ1n) is 12.3. The second kappa shape index (κ2) is 11.2. The van der Waals surface area contributed by atoms with Gasteiger partial charge in [-0.05, 0) is 53.8 Å². The number of halogens is 2. The predicted molar refractivity (Wildman–Crippen MR) is 148 cm³/mol. The van der Waals surface area contributed by atoms with Crippen molar-refractivity contribution in [2.75, 3.05) is 30.1 Å². The molecule has 0 N–H and O–H groups in total. The third kappa shape index (κ3) is 6.06. The molecule has 2 aromatic carbocycles. The maximum Gasteiger partial charge on any atom is 0.335 e. The summed E-state index contributed by atoms with van der Waals surface area (Å²) in [6.45, 7) is 0.466. The molecule has 6 radical (unpaired) electrons. The number of fused-ring (bicyclic) bond motifs is 2. The van der Waals surface area contributed by atoms with Gasteiger partial charge in [-0.15, -0.1) is 0 Å². The lowest BCUT2D eigenvalue weighted by molar-refractivity contribution is 0.0796. The summed E-state index contributed by atoms with van der Waals surface area (Å²) in [4.78, 5) is 21.3. The van der Waals surface area contributed by atoms with Crippen LogP contribution in [0.3, 0.4) is 0 Å². The minimum Gasteiger partial charge on any atom is -0.516 e. The zero-order chi connectivity index (χ0) is 28.4. The molecule has 0 saturated carbocycles. The second-order valence-electron chi connectivity index (χ2n) is 9.12. The first-order valence-corrected chi connectivity index (χ1v) is 12.3. The first kappa shape index (κ1) is 27.5. The molecule has 1 aliphatic heterocycles. The highest BCUT2D eigenvalue weighted by molar-refractivity contribution is 6.58. The Morgan fingerprint density at radius 2 is 1.80 bits per heavy atom. The van der Waals surface area contributed by atoms with Crippen LogP contribution in [0.5, 0.6) is 11.6 Å². The van der Waals surface area contributed by atoms with E-state index in [2.05, 4.69) is 10.1 Å². The Morgan fingerprint density at radius 1 is 1.05 bits per heavy atom. The Hall–Kier alpha value is -4.06. The van der Waals surface area contributed by atoms with E-state index in [4.69, 9.17) is 37.7 Å². The molecule has 0 aliphatic carbocycles. The van der Waals surface area contributed by atoms with E-state index in [0.717, 1.165) is 10.9 Å². The van der Waals surface area contributed by atoms with Crippen LogP contribution in [0.4, 0.5) is 30.8 Å². The molecule has 5 rings (SSSR count). The number of benzene rings is 2. The van der Waals surface area contributed by atoms with E-state index in [0.29, 0.717) is 30.1 Å². The van der Waals surface area contributed by atoms with Crippen molar-refractivity contribution in [3.63, 3.8) is 0 Å². The van der Waals surface area contributed by atoms with Gasteiger partial charge in [-0.3, -0.25) is 9.58 Å². The van der Waals surface area contributed by atoms with E-state index in [1.165, 1.54) is 11.0 Å². The number of aromatic nitrogens is 3. The summed E-state index contributed by atoms with van der Waals surface area (Å²) in [5.74, 6) is 0.492. The van der Waals surface area contributed by atoms with E-state index < -0.39 is 24.4 Å². The molecule has 0 bridgehead atoms. The fourth-order valence-electron chi connectivity index (χ4n) is 4.29. The van der Waals surface area contributed by atoms with E-state index in [-0.39, 0.29) is 24.0 Å². The van der Waals surface area contributed by atoms with Crippen LogP contribution in [0.15, 0.2) is 60.8 Å². The summed E-state index contributed by atoms with van der Waals surface area (Å²) < 4.78 is 42.8. The number of hydrogen-bond donors (Lipinski definition) is 0. The minimum atomic E-state index is -2.67. The lowest BCUT2D eigenvalue weighted by Gasteiger charge is -2.36. The van der Waals surface area contributed by atoms with Crippen LogP contribution in [-0.2, 0) is 17.8 Å². The number of amides is 2. The molecule has 2 amide bonds. The average molecular weight is 539 g/mol. The van der Waals surface area contributed by atoms with Gasteiger partial charge in [-0.1, -0.05) is 0 Å². The number of rotatable bonds is 10. The van der Waals surface area contributed by atoms with Crippen molar-refractivity contribution in [3.8, 4) is 11.6 Å². The Morgan fingerprint density at radius 3 is 2.50 bits per heavy atom. The van der Waals surface area contributed by atoms with Gasteiger partial charge in [-0.25, -0.2) is 18.5 Å². The van der Waals surface area contributed by atoms with Gasteiger partial charge in [-0.2, -0.15) is 10.1 Å². The van der Waals surface area contributed by atoms with Crippen molar-refractivity contribution in [2.45, 2.75) is 24.8 Å². The number of pyridine rings is 1. The van der Waals surface area contributed by atoms with Gasteiger partial charge in [0, 0.05) is 36.0 Å². The smallest absolute Gasteiger partial charge is 0.335 e. The van der Waals surface area contributed by atoms with Gasteiger partial charge >= 0.3 is 6.03 Å². The molecule has 4 aromatic rings. The highest BCUT2D eigenvalue weighted by atomic mass is 19.3. The quantitative estimate of drug-likeness (QED) is 0.288. The highest BCUT2D eigenvalue weighted by Crippen LogP contribution is 2.38. The summed E-state index contributed by atoms with van der Waals surface area (Å²) in [6, 6.07) is 14.6. The summed E-state index contributed by atoms with van der Waals surface area (Å²) in [6.07, 6.45) is -0.788. The summed E-state index contributed by atoms with van der Waals surface area (Å²) >= 11 is 0. The molecular weight excluding hydrogens is 517 g/mol. The topological polar surface area (TPSA) is 82.0 Å². The molecule has 2 aromatic heterocycles. The van der Waals surface area contributed by atoms with Crippen LogP contribution < -0.4 is 19.3 Å². The van der Waals surface area contributed by atoms with Gasteiger partial charge in [0.05, 0.1) is 30.9 Å². The van der Waals surface area contributed by atoms with Crippen molar-refractivity contribution in [3.05, 3.63) is 66.4 Å². The number of anilines is 3. The largest absolute Gasteiger partial charge is 0.516 e. The van der Waals surface area contributed by atoms with Gasteiger partial charge in [0.2, 0.25) is 5.88 Å². The molecule has 9 nitrogen and oxygen atoms in total. The molecule has 40 heavy (non-hydrogen) atoms. The fraction of sp³-hybridized carbons (Fsp3) is 0.269. The highest BCUT2D eigenvalue weighted by Gasteiger charge is 2.34. The average Bonchev–Trinajstić information content (AvgIpc) is 3.32. The van der Waals surface area contributed by atoms with E-state index in [1.54, 1.807) is 47.0 Å². The Bertz CT molecular complexity index is 1510. The van der Waals surface area contributed by atoms with Crippen molar-refractivity contribution in [2.24, 2.45) is 0 Å². The Kier molecular flexibility index (Phi) is 7.71. The number of ether oxygens (including phenoxy) is 3. The molecule has 0 spiro atoms.